The van der Waals surface area contributed by atoms with E-state index in [1.165, 1.54) is 12.1 Å². The lowest BCUT2D eigenvalue weighted by atomic mass is 10.2. The Morgan fingerprint density at radius 1 is 1.24 bits per heavy atom. The molecule has 0 amide bonds. The highest BCUT2D eigenvalue weighted by atomic mass is 35.5. The minimum atomic E-state index is -0.303. The molecule has 17 heavy (non-hydrogen) atoms. The van der Waals surface area contributed by atoms with E-state index in [0.29, 0.717) is 16.5 Å². The van der Waals surface area contributed by atoms with Crippen molar-refractivity contribution in [1.82, 2.24) is 9.97 Å². The largest absolute Gasteiger partial charge is 0.233 e. The maximum absolute atomic E-state index is 13.1. The van der Waals surface area contributed by atoms with Crippen molar-refractivity contribution in [1.29, 1.82) is 0 Å². The predicted octanol–water partition coefficient (Wildman–Crippen LogP) is 3.89. The van der Waals surface area contributed by atoms with Gasteiger partial charge in [0.2, 0.25) is 0 Å². The van der Waals surface area contributed by atoms with Crippen LogP contribution in [0.1, 0.15) is 19.0 Å². The van der Waals surface area contributed by atoms with Gasteiger partial charge in [-0.3, -0.25) is 0 Å². The fourth-order valence-electron chi connectivity index (χ4n) is 1.61. The molecule has 1 heterocycles. The van der Waals surface area contributed by atoms with E-state index >= 15 is 0 Å². The van der Waals surface area contributed by atoms with Crippen molar-refractivity contribution < 1.29 is 4.39 Å². The number of rotatable bonds is 3. The Bertz CT molecular complexity index is 529. The van der Waals surface area contributed by atoms with Gasteiger partial charge in [-0.1, -0.05) is 37.1 Å². The van der Waals surface area contributed by atoms with Crippen LogP contribution < -0.4 is 0 Å². The van der Waals surface area contributed by atoms with E-state index in [1.807, 2.05) is 0 Å². The first-order valence-electron chi connectivity index (χ1n) is 5.48. The topological polar surface area (TPSA) is 25.8 Å². The first-order chi connectivity index (χ1) is 8.19. The normalized spacial score (nSPS) is 10.5. The Morgan fingerprint density at radius 3 is 2.76 bits per heavy atom. The third kappa shape index (κ3) is 3.01. The number of halogens is 2. The first-order valence-corrected chi connectivity index (χ1v) is 5.86. The van der Waals surface area contributed by atoms with Gasteiger partial charge in [0.1, 0.15) is 11.0 Å². The van der Waals surface area contributed by atoms with Gasteiger partial charge in [0, 0.05) is 11.3 Å². The van der Waals surface area contributed by atoms with Gasteiger partial charge >= 0.3 is 0 Å². The summed E-state index contributed by atoms with van der Waals surface area (Å²) in [5.41, 5.74) is 1.52. The van der Waals surface area contributed by atoms with Crippen LogP contribution in [0.2, 0.25) is 5.15 Å². The summed E-state index contributed by atoms with van der Waals surface area (Å²) < 4.78 is 13.1. The van der Waals surface area contributed by atoms with E-state index < -0.39 is 0 Å². The van der Waals surface area contributed by atoms with E-state index in [-0.39, 0.29) is 5.82 Å². The highest BCUT2D eigenvalue weighted by Gasteiger charge is 2.06. The zero-order valence-corrected chi connectivity index (χ0v) is 10.2. The summed E-state index contributed by atoms with van der Waals surface area (Å²) in [5, 5.41) is 0.391. The van der Waals surface area contributed by atoms with Gasteiger partial charge in [0.25, 0.3) is 0 Å². The van der Waals surface area contributed by atoms with Crippen LogP contribution in [0.25, 0.3) is 11.4 Å². The number of nitrogens with zero attached hydrogens (tertiary/aromatic N) is 2. The molecule has 0 spiro atoms. The number of aromatic nitrogens is 2. The van der Waals surface area contributed by atoms with Crippen LogP contribution in [0.5, 0.6) is 0 Å². The molecule has 0 aliphatic carbocycles. The summed E-state index contributed by atoms with van der Waals surface area (Å²) in [4.78, 5) is 8.49. The predicted molar refractivity (Wildman–Crippen MR) is 66.4 cm³/mol. The second-order valence-electron chi connectivity index (χ2n) is 3.77. The fourth-order valence-corrected chi connectivity index (χ4v) is 1.81. The van der Waals surface area contributed by atoms with E-state index in [9.17, 15) is 4.39 Å². The number of hydrogen-bond donors (Lipinski definition) is 0. The summed E-state index contributed by atoms with van der Waals surface area (Å²) in [5.74, 6) is 0.170. The molecule has 0 radical (unpaired) electrons. The third-order valence-corrected chi connectivity index (χ3v) is 2.53. The number of aryl methyl sites for hydroxylation is 1. The molecule has 0 N–H and O–H groups in total. The van der Waals surface area contributed by atoms with Gasteiger partial charge in [-0.15, -0.1) is 0 Å². The average molecular weight is 251 g/mol. The van der Waals surface area contributed by atoms with Crippen molar-refractivity contribution in [3.8, 4) is 11.4 Å². The molecule has 88 valence electrons. The second kappa shape index (κ2) is 5.23. The smallest absolute Gasteiger partial charge is 0.161 e. The van der Waals surface area contributed by atoms with E-state index in [0.717, 1.165) is 18.5 Å². The molecular formula is C13H12ClFN2. The Labute approximate surface area is 104 Å². The van der Waals surface area contributed by atoms with E-state index in [1.54, 1.807) is 18.2 Å². The van der Waals surface area contributed by atoms with Crippen LogP contribution in [0.4, 0.5) is 4.39 Å². The van der Waals surface area contributed by atoms with Crippen LogP contribution in [0.3, 0.4) is 0 Å². The van der Waals surface area contributed by atoms with Crippen molar-refractivity contribution in [2.75, 3.05) is 0 Å². The third-order valence-electron chi connectivity index (χ3n) is 2.34. The van der Waals surface area contributed by atoms with Gasteiger partial charge in [-0.25, -0.2) is 14.4 Å². The van der Waals surface area contributed by atoms with Crippen molar-refractivity contribution in [3.05, 3.63) is 47.0 Å². The summed E-state index contributed by atoms with van der Waals surface area (Å²) in [6.07, 6.45) is 1.82. The molecular weight excluding hydrogens is 239 g/mol. The zero-order valence-electron chi connectivity index (χ0n) is 9.45. The van der Waals surface area contributed by atoms with E-state index in [2.05, 4.69) is 16.9 Å². The van der Waals surface area contributed by atoms with Crippen LogP contribution in [0, 0.1) is 5.82 Å². The molecule has 0 unspecified atom stereocenters. The summed E-state index contributed by atoms with van der Waals surface area (Å²) in [6.45, 7) is 2.07. The summed E-state index contributed by atoms with van der Waals surface area (Å²) in [6, 6.07) is 7.94. The molecule has 1 aromatic heterocycles. The molecule has 0 saturated carbocycles. The molecule has 2 rings (SSSR count). The molecule has 0 bridgehead atoms. The highest BCUT2D eigenvalue weighted by molar-refractivity contribution is 6.29. The lowest BCUT2D eigenvalue weighted by Gasteiger charge is -2.04. The molecule has 0 atom stereocenters. The zero-order chi connectivity index (χ0) is 12.3. The van der Waals surface area contributed by atoms with Crippen molar-refractivity contribution >= 4 is 11.6 Å². The molecule has 0 fully saturated rings. The lowest BCUT2D eigenvalue weighted by molar-refractivity contribution is 0.628. The quantitative estimate of drug-likeness (QED) is 0.773. The van der Waals surface area contributed by atoms with E-state index in [4.69, 9.17) is 11.6 Å². The Kier molecular flexibility index (Phi) is 3.69. The summed E-state index contributed by atoms with van der Waals surface area (Å²) in [7, 11) is 0. The van der Waals surface area contributed by atoms with Gasteiger partial charge in [-0.05, 0) is 24.6 Å². The molecule has 2 aromatic rings. The number of hydrogen-bond acceptors (Lipinski definition) is 2. The monoisotopic (exact) mass is 250 g/mol. The SMILES string of the molecule is CCCc1cc(Cl)nc(-c2cccc(F)c2)n1. The molecule has 2 nitrogen and oxygen atoms in total. The van der Waals surface area contributed by atoms with Crippen LogP contribution in [-0.2, 0) is 6.42 Å². The van der Waals surface area contributed by atoms with Crippen molar-refractivity contribution in [3.63, 3.8) is 0 Å². The van der Waals surface area contributed by atoms with Gasteiger partial charge in [0.15, 0.2) is 5.82 Å². The van der Waals surface area contributed by atoms with Gasteiger partial charge in [-0.2, -0.15) is 0 Å². The lowest BCUT2D eigenvalue weighted by Crippen LogP contribution is -1.96. The highest BCUT2D eigenvalue weighted by Crippen LogP contribution is 2.19. The Morgan fingerprint density at radius 2 is 2.06 bits per heavy atom. The average Bonchev–Trinajstić information content (AvgIpc) is 2.28. The Hall–Kier alpha value is -1.48. The summed E-state index contributed by atoms with van der Waals surface area (Å²) >= 11 is 5.93. The van der Waals surface area contributed by atoms with Crippen molar-refractivity contribution in [2.45, 2.75) is 19.8 Å². The van der Waals surface area contributed by atoms with Crippen molar-refractivity contribution in [2.24, 2.45) is 0 Å². The van der Waals surface area contributed by atoms with Gasteiger partial charge in [0.05, 0.1) is 0 Å². The Balaban J connectivity index is 2.44. The maximum Gasteiger partial charge on any atom is 0.161 e. The first kappa shape index (κ1) is 12.0. The molecule has 0 aliphatic rings. The fraction of sp³-hybridized carbons (Fsp3) is 0.231. The van der Waals surface area contributed by atoms with Crippen LogP contribution in [-0.4, -0.2) is 9.97 Å². The number of benzene rings is 1. The van der Waals surface area contributed by atoms with Crippen LogP contribution in [0.15, 0.2) is 30.3 Å². The molecule has 1 aromatic carbocycles. The van der Waals surface area contributed by atoms with Gasteiger partial charge < -0.3 is 0 Å². The molecule has 0 saturated heterocycles. The van der Waals surface area contributed by atoms with Crippen LogP contribution >= 0.6 is 11.6 Å². The standard InChI is InChI=1S/C13H12ClFN2/c1-2-4-11-8-12(14)17-13(16-11)9-5-3-6-10(15)7-9/h3,5-8H,2,4H2,1H3. The minimum Gasteiger partial charge on any atom is -0.233 e. The molecule has 4 heteroatoms. The maximum atomic E-state index is 13.1. The molecule has 0 aliphatic heterocycles. The second-order valence-corrected chi connectivity index (χ2v) is 4.15. The minimum absolute atomic E-state index is 0.303.